The van der Waals surface area contributed by atoms with E-state index in [-0.39, 0.29) is 5.92 Å². The number of carboxylic acids is 1. The Hall–Kier alpha value is -0.610. The van der Waals surface area contributed by atoms with Gasteiger partial charge in [0, 0.05) is 6.04 Å². The first-order chi connectivity index (χ1) is 6.95. The topological polar surface area (TPSA) is 89.3 Å². The average molecular weight is 216 g/mol. The fourth-order valence-electron chi connectivity index (χ4n) is 1.42. The molecular weight excluding hydrogens is 192 g/mol. The summed E-state index contributed by atoms with van der Waals surface area (Å²) >= 11 is 0. The van der Waals surface area contributed by atoms with Crippen LogP contribution < -0.4 is 11.5 Å². The summed E-state index contributed by atoms with van der Waals surface area (Å²) in [6, 6.07) is -0.177. The first-order valence-electron chi connectivity index (χ1n) is 5.69. The standard InChI is InChI=1S/C6H13N.C5H11NO2/c7-6-4-2-1-3-5-6;1-3(2)4(6)5(7)8/h6H,1-5,7H2;3-4H,6H2,1-2H3,(H,7,8). The molecule has 4 nitrogen and oxygen atoms in total. The molecular formula is C11H24N2O2. The minimum Gasteiger partial charge on any atom is -0.480 e. The summed E-state index contributed by atoms with van der Waals surface area (Å²) in [5, 5.41) is 8.23. The zero-order valence-electron chi connectivity index (χ0n) is 9.78. The molecule has 1 saturated carbocycles. The van der Waals surface area contributed by atoms with Crippen molar-refractivity contribution >= 4 is 5.97 Å². The summed E-state index contributed by atoms with van der Waals surface area (Å²) in [4.78, 5) is 10.0. The van der Waals surface area contributed by atoms with Gasteiger partial charge in [-0.05, 0) is 18.8 Å². The van der Waals surface area contributed by atoms with E-state index in [4.69, 9.17) is 16.6 Å². The van der Waals surface area contributed by atoms with Crippen molar-refractivity contribution in [3.05, 3.63) is 0 Å². The minimum atomic E-state index is -0.931. The van der Waals surface area contributed by atoms with E-state index in [1.54, 1.807) is 13.8 Å². The van der Waals surface area contributed by atoms with Gasteiger partial charge in [0.05, 0.1) is 0 Å². The second kappa shape index (κ2) is 7.65. The minimum absolute atomic E-state index is 0.0208. The summed E-state index contributed by atoms with van der Waals surface area (Å²) in [5.41, 5.74) is 10.8. The lowest BCUT2D eigenvalue weighted by Gasteiger charge is -2.15. The Morgan fingerprint density at radius 3 is 1.87 bits per heavy atom. The average Bonchev–Trinajstić information content (AvgIpc) is 2.18. The first-order valence-corrected chi connectivity index (χ1v) is 5.69. The molecule has 90 valence electrons. The number of rotatable bonds is 2. The molecule has 0 heterocycles. The third-order valence-electron chi connectivity index (χ3n) is 2.65. The van der Waals surface area contributed by atoms with Gasteiger partial charge in [-0.15, -0.1) is 0 Å². The van der Waals surface area contributed by atoms with Crippen LogP contribution in [0, 0.1) is 5.92 Å². The molecule has 0 spiro atoms. The molecule has 0 radical (unpaired) electrons. The van der Waals surface area contributed by atoms with E-state index in [1.165, 1.54) is 32.1 Å². The van der Waals surface area contributed by atoms with Crippen molar-refractivity contribution in [2.24, 2.45) is 17.4 Å². The number of hydrogen-bond donors (Lipinski definition) is 3. The fraction of sp³-hybridized carbons (Fsp3) is 0.909. The van der Waals surface area contributed by atoms with Crippen molar-refractivity contribution in [1.82, 2.24) is 0 Å². The fourth-order valence-corrected chi connectivity index (χ4v) is 1.42. The highest BCUT2D eigenvalue weighted by molar-refractivity contribution is 5.73. The van der Waals surface area contributed by atoms with Crippen molar-refractivity contribution in [2.75, 3.05) is 0 Å². The van der Waals surface area contributed by atoms with Crippen LogP contribution >= 0.6 is 0 Å². The summed E-state index contributed by atoms with van der Waals surface area (Å²) in [5.74, 6) is -0.910. The molecule has 1 aliphatic carbocycles. The molecule has 15 heavy (non-hydrogen) atoms. The Morgan fingerprint density at radius 1 is 1.27 bits per heavy atom. The normalized spacial score (nSPS) is 19.3. The maximum Gasteiger partial charge on any atom is 0.320 e. The Kier molecular flexibility index (Phi) is 7.34. The van der Waals surface area contributed by atoms with Gasteiger partial charge < -0.3 is 16.6 Å². The van der Waals surface area contributed by atoms with Gasteiger partial charge in [-0.2, -0.15) is 0 Å². The van der Waals surface area contributed by atoms with Gasteiger partial charge in [0.15, 0.2) is 0 Å². The number of aliphatic carboxylic acids is 1. The van der Waals surface area contributed by atoms with Crippen LogP contribution in [0.1, 0.15) is 46.0 Å². The molecule has 1 atom stereocenters. The van der Waals surface area contributed by atoms with Crippen LogP contribution in [-0.4, -0.2) is 23.2 Å². The molecule has 0 aromatic rings. The molecule has 0 amide bonds. The first kappa shape index (κ1) is 14.4. The van der Waals surface area contributed by atoms with Crippen molar-refractivity contribution in [3.63, 3.8) is 0 Å². The van der Waals surface area contributed by atoms with Crippen LogP contribution in [-0.2, 0) is 4.79 Å². The molecule has 1 unspecified atom stereocenters. The second-order valence-electron chi connectivity index (χ2n) is 4.51. The van der Waals surface area contributed by atoms with Crippen LogP contribution in [0.4, 0.5) is 0 Å². The van der Waals surface area contributed by atoms with Crippen LogP contribution in [0.3, 0.4) is 0 Å². The van der Waals surface area contributed by atoms with Gasteiger partial charge in [-0.3, -0.25) is 4.79 Å². The lowest BCUT2D eigenvalue weighted by Crippen LogP contribution is -2.34. The van der Waals surface area contributed by atoms with Gasteiger partial charge in [0.25, 0.3) is 0 Å². The maximum absolute atomic E-state index is 10.0. The van der Waals surface area contributed by atoms with E-state index in [9.17, 15) is 4.79 Å². The number of carbonyl (C=O) groups is 1. The number of carboxylic acid groups (broad SMARTS) is 1. The third-order valence-corrected chi connectivity index (χ3v) is 2.65. The van der Waals surface area contributed by atoms with Gasteiger partial charge in [0.1, 0.15) is 6.04 Å². The smallest absolute Gasteiger partial charge is 0.320 e. The van der Waals surface area contributed by atoms with Crippen molar-refractivity contribution < 1.29 is 9.90 Å². The van der Waals surface area contributed by atoms with Gasteiger partial charge in [0.2, 0.25) is 0 Å². The molecule has 0 aromatic heterocycles. The summed E-state index contributed by atoms with van der Waals surface area (Å²) in [6.45, 7) is 3.55. The molecule has 1 fully saturated rings. The molecule has 0 aliphatic heterocycles. The summed E-state index contributed by atoms with van der Waals surface area (Å²) in [7, 11) is 0. The zero-order chi connectivity index (χ0) is 11.8. The van der Waals surface area contributed by atoms with E-state index < -0.39 is 12.0 Å². The Bertz CT molecular complexity index is 177. The molecule has 0 saturated heterocycles. The van der Waals surface area contributed by atoms with Crippen LogP contribution in [0.15, 0.2) is 0 Å². The van der Waals surface area contributed by atoms with Gasteiger partial charge >= 0.3 is 5.97 Å². The van der Waals surface area contributed by atoms with Crippen LogP contribution in [0.25, 0.3) is 0 Å². The van der Waals surface area contributed by atoms with Crippen LogP contribution in [0.5, 0.6) is 0 Å². The quantitative estimate of drug-likeness (QED) is 0.649. The molecule has 1 rings (SSSR count). The molecule has 0 bridgehead atoms. The van der Waals surface area contributed by atoms with E-state index in [0.717, 1.165) is 0 Å². The second-order valence-corrected chi connectivity index (χ2v) is 4.51. The van der Waals surface area contributed by atoms with E-state index in [1.807, 2.05) is 0 Å². The third kappa shape index (κ3) is 7.33. The van der Waals surface area contributed by atoms with Crippen molar-refractivity contribution in [3.8, 4) is 0 Å². The maximum atomic E-state index is 10.0. The van der Waals surface area contributed by atoms with Gasteiger partial charge in [-0.1, -0.05) is 33.1 Å². The highest BCUT2D eigenvalue weighted by Crippen LogP contribution is 2.14. The molecule has 4 heteroatoms. The summed E-state index contributed by atoms with van der Waals surface area (Å²) in [6.07, 6.45) is 6.66. The predicted octanol–water partition coefficient (Wildman–Crippen LogP) is 1.33. The van der Waals surface area contributed by atoms with E-state index >= 15 is 0 Å². The zero-order valence-corrected chi connectivity index (χ0v) is 9.78. The largest absolute Gasteiger partial charge is 0.480 e. The van der Waals surface area contributed by atoms with E-state index in [0.29, 0.717) is 6.04 Å². The monoisotopic (exact) mass is 216 g/mol. The lowest BCUT2D eigenvalue weighted by molar-refractivity contribution is -0.139. The molecule has 5 N–H and O–H groups in total. The Labute approximate surface area is 92.0 Å². The van der Waals surface area contributed by atoms with Crippen molar-refractivity contribution in [2.45, 2.75) is 58.0 Å². The number of hydrogen-bond acceptors (Lipinski definition) is 3. The Balaban J connectivity index is 0.000000262. The predicted molar refractivity (Wildman–Crippen MR) is 61.5 cm³/mol. The molecule has 0 aromatic carbocycles. The van der Waals surface area contributed by atoms with Gasteiger partial charge in [-0.25, -0.2) is 0 Å². The lowest BCUT2D eigenvalue weighted by atomic mass is 9.97. The highest BCUT2D eigenvalue weighted by Gasteiger charge is 2.14. The molecule has 1 aliphatic rings. The Morgan fingerprint density at radius 2 is 1.73 bits per heavy atom. The van der Waals surface area contributed by atoms with E-state index in [2.05, 4.69) is 0 Å². The van der Waals surface area contributed by atoms with Crippen molar-refractivity contribution in [1.29, 1.82) is 0 Å². The SMILES string of the molecule is CC(C)C(N)C(=O)O.NC1CCCCC1. The highest BCUT2D eigenvalue weighted by atomic mass is 16.4. The number of nitrogens with two attached hydrogens (primary N) is 2. The summed E-state index contributed by atoms with van der Waals surface area (Å²) < 4.78 is 0. The van der Waals surface area contributed by atoms with Crippen LogP contribution in [0.2, 0.25) is 0 Å².